The summed E-state index contributed by atoms with van der Waals surface area (Å²) in [5.41, 5.74) is 8.13. The highest BCUT2D eigenvalue weighted by atomic mass is 35.5. The van der Waals surface area contributed by atoms with Crippen molar-refractivity contribution in [2.24, 2.45) is 5.10 Å². The first kappa shape index (κ1) is 23.3. The van der Waals surface area contributed by atoms with E-state index in [9.17, 15) is 22.4 Å². The SMILES string of the molecule is CN/N=C\C(=C(\Cl)C=O)N1CCc2c(nc(N)nc2Oc2ccc(F)cc2C(F)(F)F)C1. The van der Waals surface area contributed by atoms with Crippen LogP contribution >= 0.6 is 11.6 Å². The van der Waals surface area contributed by atoms with Crippen LogP contribution in [0.5, 0.6) is 11.6 Å². The lowest BCUT2D eigenvalue weighted by Gasteiger charge is -2.31. The number of nitrogen functional groups attached to an aromatic ring is 1. The number of aldehydes is 1. The van der Waals surface area contributed by atoms with Crippen LogP contribution in [-0.4, -0.2) is 41.0 Å². The minimum absolute atomic E-state index is 0.0907. The van der Waals surface area contributed by atoms with Gasteiger partial charge in [-0.3, -0.25) is 4.79 Å². The van der Waals surface area contributed by atoms with Crippen molar-refractivity contribution < 1.29 is 27.1 Å². The van der Waals surface area contributed by atoms with Crippen molar-refractivity contribution >= 4 is 30.1 Å². The van der Waals surface area contributed by atoms with Crippen LogP contribution in [0.15, 0.2) is 34.0 Å². The third-order valence-corrected chi connectivity index (χ3v) is 4.79. The van der Waals surface area contributed by atoms with Crippen LogP contribution in [0.1, 0.15) is 16.8 Å². The average molecular weight is 473 g/mol. The fourth-order valence-electron chi connectivity index (χ4n) is 3.10. The van der Waals surface area contributed by atoms with Gasteiger partial charge in [-0.1, -0.05) is 11.6 Å². The zero-order valence-corrected chi connectivity index (χ0v) is 17.3. The molecule has 3 N–H and O–H groups in total. The summed E-state index contributed by atoms with van der Waals surface area (Å²) in [5, 5.41) is 3.78. The Hall–Kier alpha value is -3.41. The van der Waals surface area contributed by atoms with Crippen LogP contribution in [0.3, 0.4) is 0 Å². The molecular weight excluding hydrogens is 456 g/mol. The van der Waals surface area contributed by atoms with E-state index in [4.69, 9.17) is 22.1 Å². The van der Waals surface area contributed by atoms with Gasteiger partial charge in [0, 0.05) is 19.2 Å². The Bertz CT molecular complexity index is 1090. The molecule has 0 fully saturated rings. The molecule has 1 aromatic heterocycles. The van der Waals surface area contributed by atoms with E-state index in [1.54, 1.807) is 11.9 Å². The van der Waals surface area contributed by atoms with Crippen molar-refractivity contribution in [2.75, 3.05) is 19.3 Å². The van der Waals surface area contributed by atoms with E-state index in [1.165, 1.54) is 6.21 Å². The molecule has 0 bridgehead atoms. The number of hydrogen-bond acceptors (Lipinski definition) is 8. The van der Waals surface area contributed by atoms with E-state index in [2.05, 4.69) is 20.5 Å². The molecule has 0 unspecified atom stereocenters. The Morgan fingerprint density at radius 2 is 2.12 bits per heavy atom. The number of fused-ring (bicyclic) bond motifs is 1. The first-order valence-electron chi connectivity index (χ1n) is 9.13. The number of benzene rings is 1. The van der Waals surface area contributed by atoms with Gasteiger partial charge in [-0.2, -0.15) is 23.3 Å². The molecule has 0 atom stereocenters. The second kappa shape index (κ2) is 9.39. The quantitative estimate of drug-likeness (QED) is 0.218. The normalized spacial score (nSPS) is 14.8. The Kier molecular flexibility index (Phi) is 6.82. The molecule has 0 saturated heterocycles. The number of nitrogens with one attached hydrogen (secondary N) is 1. The molecule has 0 saturated carbocycles. The van der Waals surface area contributed by atoms with Gasteiger partial charge in [0.25, 0.3) is 0 Å². The molecule has 2 heterocycles. The molecule has 32 heavy (non-hydrogen) atoms. The molecule has 0 aliphatic carbocycles. The van der Waals surface area contributed by atoms with Crippen LogP contribution in [0.4, 0.5) is 23.5 Å². The van der Waals surface area contributed by atoms with Gasteiger partial charge >= 0.3 is 6.18 Å². The molecular formula is C19H17ClF4N6O2. The maximum absolute atomic E-state index is 13.4. The Morgan fingerprint density at radius 1 is 1.38 bits per heavy atom. The van der Waals surface area contributed by atoms with E-state index in [1.807, 2.05) is 0 Å². The van der Waals surface area contributed by atoms with Crippen LogP contribution < -0.4 is 15.9 Å². The molecule has 2 aromatic rings. The molecule has 3 rings (SSSR count). The third kappa shape index (κ3) is 5.07. The van der Waals surface area contributed by atoms with Crippen molar-refractivity contribution in [1.82, 2.24) is 20.3 Å². The zero-order valence-electron chi connectivity index (χ0n) is 16.6. The summed E-state index contributed by atoms with van der Waals surface area (Å²) >= 11 is 6.00. The lowest BCUT2D eigenvalue weighted by molar-refractivity contribution is -0.138. The van der Waals surface area contributed by atoms with E-state index in [-0.39, 0.29) is 29.8 Å². The number of aromatic nitrogens is 2. The number of rotatable bonds is 6. The van der Waals surface area contributed by atoms with E-state index in [0.29, 0.717) is 35.9 Å². The smallest absolute Gasteiger partial charge is 0.420 e. The van der Waals surface area contributed by atoms with Crippen LogP contribution in [0.2, 0.25) is 0 Å². The number of allylic oxidation sites excluding steroid dienone is 2. The van der Waals surface area contributed by atoms with Crippen LogP contribution in [-0.2, 0) is 23.9 Å². The summed E-state index contributed by atoms with van der Waals surface area (Å²) in [6, 6.07) is 2.06. The fourth-order valence-corrected chi connectivity index (χ4v) is 3.27. The van der Waals surface area contributed by atoms with Crippen molar-refractivity contribution in [3.8, 4) is 11.6 Å². The molecule has 0 radical (unpaired) electrons. The molecule has 8 nitrogen and oxygen atoms in total. The Morgan fingerprint density at radius 3 is 2.78 bits per heavy atom. The molecule has 0 spiro atoms. The minimum Gasteiger partial charge on any atom is -0.438 e. The number of carbonyl (C=O) groups is 1. The van der Waals surface area contributed by atoms with E-state index < -0.39 is 23.3 Å². The lowest BCUT2D eigenvalue weighted by atomic mass is 10.1. The Balaban J connectivity index is 1.99. The fraction of sp³-hybridized carbons (Fsp3) is 0.263. The van der Waals surface area contributed by atoms with Crippen molar-refractivity contribution in [3.63, 3.8) is 0 Å². The first-order chi connectivity index (χ1) is 15.1. The topological polar surface area (TPSA) is 106 Å². The van der Waals surface area contributed by atoms with Gasteiger partial charge in [0.15, 0.2) is 6.29 Å². The number of carbonyl (C=O) groups excluding carboxylic acids is 1. The van der Waals surface area contributed by atoms with Gasteiger partial charge in [0.1, 0.15) is 22.2 Å². The molecule has 0 amide bonds. The van der Waals surface area contributed by atoms with E-state index >= 15 is 0 Å². The van der Waals surface area contributed by atoms with Gasteiger partial charge in [-0.25, -0.2) is 9.37 Å². The summed E-state index contributed by atoms with van der Waals surface area (Å²) in [6.07, 6.45) is -2.78. The van der Waals surface area contributed by atoms with Gasteiger partial charge in [0.05, 0.1) is 24.2 Å². The maximum Gasteiger partial charge on any atom is 0.420 e. The second-order valence-electron chi connectivity index (χ2n) is 6.56. The van der Waals surface area contributed by atoms with Gasteiger partial charge in [-0.05, 0) is 24.6 Å². The number of halogens is 5. The molecule has 170 valence electrons. The second-order valence-corrected chi connectivity index (χ2v) is 6.96. The van der Waals surface area contributed by atoms with Gasteiger partial charge < -0.3 is 20.8 Å². The largest absolute Gasteiger partial charge is 0.438 e. The average Bonchev–Trinajstić information content (AvgIpc) is 2.73. The van der Waals surface area contributed by atoms with Crippen molar-refractivity contribution in [2.45, 2.75) is 19.1 Å². The predicted molar refractivity (Wildman–Crippen MR) is 109 cm³/mol. The molecule has 1 aromatic carbocycles. The lowest BCUT2D eigenvalue weighted by Crippen LogP contribution is -2.33. The number of nitrogens with two attached hydrogens (primary N) is 1. The van der Waals surface area contributed by atoms with Crippen molar-refractivity contribution in [1.29, 1.82) is 0 Å². The number of nitrogens with zero attached hydrogens (tertiary/aromatic N) is 4. The first-order valence-corrected chi connectivity index (χ1v) is 9.51. The predicted octanol–water partition coefficient (Wildman–Crippen LogP) is 3.22. The minimum atomic E-state index is -4.84. The summed E-state index contributed by atoms with van der Waals surface area (Å²) in [7, 11) is 1.57. The Labute approximate surface area is 184 Å². The van der Waals surface area contributed by atoms with Crippen LogP contribution in [0, 0.1) is 5.82 Å². The van der Waals surface area contributed by atoms with Crippen molar-refractivity contribution in [3.05, 3.63) is 51.6 Å². The number of alkyl halides is 3. The molecule has 13 heteroatoms. The zero-order chi connectivity index (χ0) is 23.5. The summed E-state index contributed by atoms with van der Waals surface area (Å²) in [5.74, 6) is -2.07. The highest BCUT2D eigenvalue weighted by Gasteiger charge is 2.36. The molecule has 1 aliphatic heterocycles. The van der Waals surface area contributed by atoms with Crippen LogP contribution in [0.25, 0.3) is 0 Å². The summed E-state index contributed by atoms with van der Waals surface area (Å²) in [6.45, 7) is 0.421. The van der Waals surface area contributed by atoms with Gasteiger partial charge in [0.2, 0.25) is 11.8 Å². The summed E-state index contributed by atoms with van der Waals surface area (Å²) in [4.78, 5) is 20.9. The number of anilines is 1. The monoisotopic (exact) mass is 472 g/mol. The van der Waals surface area contributed by atoms with E-state index in [0.717, 1.165) is 12.1 Å². The highest BCUT2D eigenvalue weighted by molar-refractivity contribution is 6.40. The highest BCUT2D eigenvalue weighted by Crippen LogP contribution is 2.39. The van der Waals surface area contributed by atoms with Gasteiger partial charge in [-0.15, -0.1) is 0 Å². The maximum atomic E-state index is 13.4. The standard InChI is InChI=1S/C19H17ClF4N6O2/c1-26-27-7-15(13(20)9-31)30-5-4-11-14(8-30)28-18(25)29-17(11)32-16-3-2-10(21)6-12(16)19(22,23)24/h2-3,6-7,9,26H,4-5,8H2,1H3,(H2,25,28,29)/b15-13-,27-7-. The number of hydrogen-bond donors (Lipinski definition) is 2. The molecule has 1 aliphatic rings. The third-order valence-electron chi connectivity index (χ3n) is 4.50. The number of hydrazone groups is 1. The summed E-state index contributed by atoms with van der Waals surface area (Å²) < 4.78 is 58.8. The number of ether oxygens (including phenoxy) is 1.